The highest BCUT2D eigenvalue weighted by atomic mass is 79.9. The van der Waals surface area contributed by atoms with Gasteiger partial charge in [-0.25, -0.2) is 0 Å². The highest BCUT2D eigenvalue weighted by molar-refractivity contribution is 9.10. The summed E-state index contributed by atoms with van der Waals surface area (Å²) in [5.74, 6) is 1.60. The Labute approximate surface area is 140 Å². The van der Waals surface area contributed by atoms with Gasteiger partial charge in [0.25, 0.3) is 0 Å². The molecular formula is C18H23BrN2O. The van der Waals surface area contributed by atoms with E-state index in [9.17, 15) is 0 Å². The van der Waals surface area contributed by atoms with Gasteiger partial charge in [-0.05, 0) is 77.5 Å². The van der Waals surface area contributed by atoms with Crippen LogP contribution < -0.4 is 10.5 Å². The van der Waals surface area contributed by atoms with Crippen LogP contribution in [0.1, 0.15) is 39.0 Å². The highest BCUT2D eigenvalue weighted by Gasteiger charge is 2.26. The van der Waals surface area contributed by atoms with E-state index in [1.54, 1.807) is 0 Å². The maximum absolute atomic E-state index is 6.25. The van der Waals surface area contributed by atoms with E-state index < -0.39 is 0 Å². The first-order valence-corrected chi connectivity index (χ1v) is 8.92. The first-order chi connectivity index (χ1) is 10.7. The second-order valence-electron chi connectivity index (χ2n) is 6.23. The monoisotopic (exact) mass is 362 g/mol. The lowest BCUT2D eigenvalue weighted by Gasteiger charge is -2.32. The Kier molecular flexibility index (Phi) is 4.99. The van der Waals surface area contributed by atoms with Gasteiger partial charge in [0.1, 0.15) is 5.75 Å². The van der Waals surface area contributed by atoms with Crippen LogP contribution in [0, 0.1) is 5.92 Å². The van der Waals surface area contributed by atoms with Crippen molar-refractivity contribution in [3.63, 3.8) is 0 Å². The van der Waals surface area contributed by atoms with Gasteiger partial charge in [-0.2, -0.15) is 0 Å². The molecule has 0 radical (unpaired) electrons. The number of halogens is 1. The van der Waals surface area contributed by atoms with E-state index in [4.69, 9.17) is 10.5 Å². The van der Waals surface area contributed by atoms with Gasteiger partial charge < -0.3 is 10.5 Å². The molecule has 1 atom stereocenters. The largest absolute Gasteiger partial charge is 0.489 e. The summed E-state index contributed by atoms with van der Waals surface area (Å²) < 4.78 is 7.25. The SMILES string of the molecule is CCC(N)C1CCC(Oc2cc3ccncc3cc2Br)CC1. The van der Waals surface area contributed by atoms with Gasteiger partial charge in [0.05, 0.1) is 10.6 Å². The maximum atomic E-state index is 6.25. The van der Waals surface area contributed by atoms with Crippen molar-refractivity contribution in [3.05, 3.63) is 35.1 Å². The molecule has 22 heavy (non-hydrogen) atoms. The summed E-state index contributed by atoms with van der Waals surface area (Å²) in [6, 6.07) is 6.55. The standard InChI is InChI=1S/C18H23BrN2O/c1-2-17(20)12-3-5-15(6-4-12)22-18-10-13-7-8-21-11-14(13)9-16(18)19/h7-12,15,17H,2-6,20H2,1H3. The van der Waals surface area contributed by atoms with Gasteiger partial charge in [-0.1, -0.05) is 6.92 Å². The Bertz CT molecular complexity index is 638. The number of hydrogen-bond acceptors (Lipinski definition) is 3. The zero-order valence-electron chi connectivity index (χ0n) is 13.0. The molecule has 0 saturated heterocycles. The van der Waals surface area contributed by atoms with Crippen LogP contribution in [0.3, 0.4) is 0 Å². The van der Waals surface area contributed by atoms with Gasteiger partial charge in [0, 0.05) is 23.8 Å². The molecule has 118 valence electrons. The topological polar surface area (TPSA) is 48.1 Å². The summed E-state index contributed by atoms with van der Waals surface area (Å²) in [5, 5.41) is 2.29. The average molecular weight is 363 g/mol. The number of nitrogens with two attached hydrogens (primary N) is 1. The quantitative estimate of drug-likeness (QED) is 0.859. The van der Waals surface area contributed by atoms with Gasteiger partial charge in [-0.15, -0.1) is 0 Å². The Morgan fingerprint density at radius 3 is 2.77 bits per heavy atom. The number of rotatable bonds is 4. The molecular weight excluding hydrogens is 340 g/mol. The number of ether oxygens (including phenoxy) is 1. The van der Waals surface area contributed by atoms with E-state index in [0.29, 0.717) is 18.1 Å². The summed E-state index contributed by atoms with van der Waals surface area (Å²) in [7, 11) is 0. The molecule has 1 aromatic heterocycles. The fourth-order valence-electron chi connectivity index (χ4n) is 3.33. The van der Waals surface area contributed by atoms with Crippen molar-refractivity contribution in [1.82, 2.24) is 4.98 Å². The summed E-state index contributed by atoms with van der Waals surface area (Å²) >= 11 is 3.62. The molecule has 1 heterocycles. The minimum absolute atomic E-state index is 0.302. The van der Waals surface area contributed by atoms with E-state index in [0.717, 1.165) is 40.3 Å². The van der Waals surface area contributed by atoms with Crippen LogP contribution in [0.5, 0.6) is 5.75 Å². The van der Waals surface area contributed by atoms with E-state index in [-0.39, 0.29) is 0 Å². The zero-order valence-corrected chi connectivity index (χ0v) is 14.6. The molecule has 0 aliphatic heterocycles. The molecule has 1 aliphatic rings. The molecule has 2 N–H and O–H groups in total. The van der Waals surface area contributed by atoms with Crippen LogP contribution in [0.25, 0.3) is 10.8 Å². The van der Waals surface area contributed by atoms with Crippen LogP contribution in [0.2, 0.25) is 0 Å². The number of benzene rings is 1. The summed E-state index contributed by atoms with van der Waals surface area (Å²) in [5.41, 5.74) is 6.18. The van der Waals surface area contributed by atoms with Crippen LogP contribution in [0.4, 0.5) is 0 Å². The Balaban J connectivity index is 1.68. The molecule has 0 spiro atoms. The molecule has 1 unspecified atom stereocenters. The molecule has 0 amide bonds. The summed E-state index contributed by atoms with van der Waals surface area (Å²) in [6.45, 7) is 2.17. The van der Waals surface area contributed by atoms with Crippen molar-refractivity contribution in [2.45, 2.75) is 51.2 Å². The molecule has 4 heteroatoms. The number of aromatic nitrogens is 1. The van der Waals surface area contributed by atoms with Gasteiger partial charge in [-0.3, -0.25) is 4.98 Å². The molecule has 3 rings (SSSR count). The second-order valence-corrected chi connectivity index (χ2v) is 7.09. The molecule has 0 bridgehead atoms. The van der Waals surface area contributed by atoms with Crippen LogP contribution in [-0.4, -0.2) is 17.1 Å². The molecule has 1 aromatic carbocycles. The minimum Gasteiger partial charge on any atom is -0.489 e. The maximum Gasteiger partial charge on any atom is 0.134 e. The fourth-order valence-corrected chi connectivity index (χ4v) is 3.78. The molecule has 3 nitrogen and oxygen atoms in total. The lowest BCUT2D eigenvalue weighted by Crippen LogP contribution is -2.35. The van der Waals surface area contributed by atoms with E-state index in [1.807, 2.05) is 18.5 Å². The highest BCUT2D eigenvalue weighted by Crippen LogP contribution is 2.34. The smallest absolute Gasteiger partial charge is 0.134 e. The van der Waals surface area contributed by atoms with Gasteiger partial charge in [0.15, 0.2) is 0 Å². The summed E-state index contributed by atoms with van der Waals surface area (Å²) in [4.78, 5) is 4.16. The molecule has 1 aliphatic carbocycles. The summed E-state index contributed by atoms with van der Waals surface area (Å²) in [6.07, 6.45) is 9.61. The first-order valence-electron chi connectivity index (χ1n) is 8.13. The Morgan fingerprint density at radius 2 is 2.05 bits per heavy atom. The predicted octanol–water partition coefficient (Wildman–Crippen LogP) is 4.67. The van der Waals surface area contributed by atoms with Crippen LogP contribution >= 0.6 is 15.9 Å². The van der Waals surface area contributed by atoms with E-state index in [1.165, 1.54) is 12.8 Å². The van der Waals surface area contributed by atoms with E-state index >= 15 is 0 Å². The number of nitrogens with zero attached hydrogens (tertiary/aromatic N) is 1. The number of fused-ring (bicyclic) bond motifs is 1. The Hall–Kier alpha value is -1.13. The zero-order chi connectivity index (χ0) is 15.5. The first kappa shape index (κ1) is 15.8. The normalized spacial score (nSPS) is 23.4. The lowest BCUT2D eigenvalue weighted by atomic mass is 9.82. The number of hydrogen-bond donors (Lipinski definition) is 1. The third-order valence-electron chi connectivity index (χ3n) is 4.78. The lowest BCUT2D eigenvalue weighted by molar-refractivity contribution is 0.122. The van der Waals surface area contributed by atoms with Crippen molar-refractivity contribution in [1.29, 1.82) is 0 Å². The average Bonchev–Trinajstić information content (AvgIpc) is 2.55. The second kappa shape index (κ2) is 6.97. The molecule has 1 saturated carbocycles. The van der Waals surface area contributed by atoms with E-state index in [2.05, 4.69) is 40.0 Å². The third-order valence-corrected chi connectivity index (χ3v) is 5.40. The minimum atomic E-state index is 0.302. The predicted molar refractivity (Wildman–Crippen MR) is 94.1 cm³/mol. The van der Waals surface area contributed by atoms with Gasteiger partial charge in [0.2, 0.25) is 0 Å². The van der Waals surface area contributed by atoms with Crippen molar-refractivity contribution >= 4 is 26.7 Å². The fraction of sp³-hybridized carbons (Fsp3) is 0.500. The van der Waals surface area contributed by atoms with Crippen molar-refractivity contribution < 1.29 is 4.74 Å². The molecule has 1 fully saturated rings. The van der Waals surface area contributed by atoms with Crippen LogP contribution in [-0.2, 0) is 0 Å². The van der Waals surface area contributed by atoms with Gasteiger partial charge >= 0.3 is 0 Å². The Morgan fingerprint density at radius 1 is 1.27 bits per heavy atom. The van der Waals surface area contributed by atoms with Crippen molar-refractivity contribution in [2.24, 2.45) is 11.7 Å². The van der Waals surface area contributed by atoms with Crippen LogP contribution in [0.15, 0.2) is 35.1 Å². The number of pyridine rings is 1. The van der Waals surface area contributed by atoms with Crippen molar-refractivity contribution in [2.75, 3.05) is 0 Å². The van der Waals surface area contributed by atoms with Crippen molar-refractivity contribution in [3.8, 4) is 5.75 Å². The molecule has 2 aromatic rings. The third kappa shape index (κ3) is 3.44.